The van der Waals surface area contributed by atoms with Gasteiger partial charge in [0.2, 0.25) is 0 Å². The summed E-state index contributed by atoms with van der Waals surface area (Å²) in [4.78, 5) is 19.2. The van der Waals surface area contributed by atoms with E-state index in [1.807, 2.05) is 12.1 Å². The van der Waals surface area contributed by atoms with Gasteiger partial charge in [0.1, 0.15) is 11.6 Å². The van der Waals surface area contributed by atoms with E-state index in [2.05, 4.69) is 15.2 Å². The minimum absolute atomic E-state index is 0.278. The van der Waals surface area contributed by atoms with Crippen molar-refractivity contribution in [1.82, 2.24) is 9.88 Å². The number of hydrogen-bond acceptors (Lipinski definition) is 4. The highest BCUT2D eigenvalue weighted by molar-refractivity contribution is 6.03. The summed E-state index contributed by atoms with van der Waals surface area (Å²) in [5, 5.41) is 2.81. The minimum Gasteiger partial charge on any atom is -0.381 e. The average Bonchev–Trinajstić information content (AvgIpc) is 2.79. The van der Waals surface area contributed by atoms with E-state index in [0.717, 1.165) is 32.0 Å². The number of nitrogens with zero attached hydrogens (tertiary/aromatic N) is 2. The van der Waals surface area contributed by atoms with Crippen LogP contribution in [0.1, 0.15) is 48.0 Å². The molecule has 0 radical (unpaired) electrons. The van der Waals surface area contributed by atoms with Crippen molar-refractivity contribution in [3.63, 3.8) is 0 Å². The lowest BCUT2D eigenvalue weighted by Crippen LogP contribution is -2.44. The van der Waals surface area contributed by atoms with Crippen molar-refractivity contribution in [2.45, 2.75) is 44.6 Å². The molecule has 0 aliphatic carbocycles. The molecule has 6 heteroatoms. The van der Waals surface area contributed by atoms with Gasteiger partial charge in [-0.1, -0.05) is 0 Å². The predicted molar refractivity (Wildman–Crippen MR) is 115 cm³/mol. The molecule has 5 nitrogen and oxygen atoms in total. The van der Waals surface area contributed by atoms with Gasteiger partial charge in [-0.2, -0.15) is 0 Å². The van der Waals surface area contributed by atoms with Crippen molar-refractivity contribution in [2.75, 3.05) is 31.6 Å². The first-order valence-electron chi connectivity index (χ1n) is 11.0. The second-order valence-corrected chi connectivity index (χ2v) is 8.37. The summed E-state index contributed by atoms with van der Waals surface area (Å²) in [6.45, 7) is 4.22. The number of halogens is 1. The van der Waals surface area contributed by atoms with Crippen LogP contribution in [0.3, 0.4) is 0 Å². The Balaban J connectivity index is 1.24. The molecule has 0 atom stereocenters. The number of benzene rings is 1. The number of aryl methyl sites for hydroxylation is 1. The zero-order chi connectivity index (χ0) is 20.8. The Morgan fingerprint density at radius 3 is 2.57 bits per heavy atom. The number of pyridine rings is 1. The van der Waals surface area contributed by atoms with E-state index in [1.165, 1.54) is 68.6 Å². The van der Waals surface area contributed by atoms with Crippen molar-refractivity contribution < 1.29 is 13.9 Å². The molecule has 2 aliphatic rings. The number of hydrogen-bond donors (Lipinski definition) is 1. The standard InChI is InChI=1S/C24H30FN3O2/c25-21-5-3-20(4-6-21)24(29)27-23-17-19(7-12-26-23)2-1-18-8-13-28(14-9-18)22-10-15-30-16-11-22/h3-7,12,17-18,22H,1-2,8-11,13-16H2,(H,26,27,29). The first kappa shape index (κ1) is 20.9. The van der Waals surface area contributed by atoms with Crippen molar-refractivity contribution in [2.24, 2.45) is 5.92 Å². The lowest BCUT2D eigenvalue weighted by atomic mass is 9.89. The maximum atomic E-state index is 13.0. The largest absolute Gasteiger partial charge is 0.381 e. The highest BCUT2D eigenvalue weighted by Gasteiger charge is 2.26. The molecule has 2 fully saturated rings. The van der Waals surface area contributed by atoms with E-state index in [1.54, 1.807) is 6.20 Å². The molecule has 2 saturated heterocycles. The van der Waals surface area contributed by atoms with Gasteiger partial charge < -0.3 is 15.0 Å². The Bertz CT molecular complexity index is 829. The summed E-state index contributed by atoms with van der Waals surface area (Å²) >= 11 is 0. The zero-order valence-electron chi connectivity index (χ0n) is 17.4. The van der Waals surface area contributed by atoms with Crippen molar-refractivity contribution in [3.8, 4) is 0 Å². The fourth-order valence-corrected chi connectivity index (χ4v) is 4.52. The Hall–Kier alpha value is -2.31. The van der Waals surface area contributed by atoms with Gasteiger partial charge in [-0.25, -0.2) is 9.37 Å². The van der Waals surface area contributed by atoms with Crippen molar-refractivity contribution in [1.29, 1.82) is 0 Å². The smallest absolute Gasteiger partial charge is 0.256 e. The van der Waals surface area contributed by atoms with Gasteiger partial charge in [0.15, 0.2) is 0 Å². The number of nitrogens with one attached hydrogen (secondary N) is 1. The number of piperidine rings is 1. The van der Waals surface area contributed by atoms with Crippen LogP contribution in [0.5, 0.6) is 0 Å². The van der Waals surface area contributed by atoms with Crippen molar-refractivity contribution >= 4 is 11.7 Å². The molecule has 1 aromatic heterocycles. The number of amides is 1. The molecular formula is C24H30FN3O2. The van der Waals surface area contributed by atoms with E-state index in [-0.39, 0.29) is 11.7 Å². The van der Waals surface area contributed by atoms with Crippen LogP contribution in [-0.2, 0) is 11.2 Å². The third-order valence-corrected chi connectivity index (χ3v) is 6.37. The molecule has 0 unspecified atom stereocenters. The molecule has 30 heavy (non-hydrogen) atoms. The highest BCUT2D eigenvalue weighted by atomic mass is 19.1. The van der Waals surface area contributed by atoms with Gasteiger partial charge in [0.25, 0.3) is 5.91 Å². The third-order valence-electron chi connectivity index (χ3n) is 6.37. The van der Waals surface area contributed by atoms with Gasteiger partial charge in [-0.15, -0.1) is 0 Å². The van der Waals surface area contributed by atoms with E-state index >= 15 is 0 Å². The molecule has 2 aliphatic heterocycles. The van der Waals surface area contributed by atoms with Crippen LogP contribution in [0.4, 0.5) is 10.2 Å². The molecule has 0 spiro atoms. The van der Waals surface area contributed by atoms with Crippen LogP contribution in [-0.4, -0.2) is 48.1 Å². The molecule has 1 aromatic carbocycles. The topological polar surface area (TPSA) is 54.5 Å². The van der Waals surface area contributed by atoms with E-state index < -0.39 is 0 Å². The summed E-state index contributed by atoms with van der Waals surface area (Å²) in [5.74, 6) is 0.660. The number of aromatic nitrogens is 1. The average molecular weight is 412 g/mol. The van der Waals surface area contributed by atoms with E-state index in [4.69, 9.17) is 4.74 Å². The third kappa shape index (κ3) is 5.64. The van der Waals surface area contributed by atoms with Gasteiger partial charge in [0.05, 0.1) is 0 Å². The van der Waals surface area contributed by atoms with Crippen LogP contribution < -0.4 is 5.32 Å². The molecule has 1 amide bonds. The molecule has 0 bridgehead atoms. The Labute approximate surface area is 177 Å². The summed E-state index contributed by atoms with van der Waals surface area (Å²) in [5.41, 5.74) is 1.60. The van der Waals surface area contributed by atoms with Gasteiger partial charge in [-0.3, -0.25) is 4.79 Å². The van der Waals surface area contributed by atoms with Crippen LogP contribution in [0, 0.1) is 11.7 Å². The summed E-state index contributed by atoms with van der Waals surface area (Å²) in [6.07, 6.45) is 8.76. The monoisotopic (exact) mass is 411 g/mol. The summed E-state index contributed by atoms with van der Waals surface area (Å²) < 4.78 is 18.5. The maximum absolute atomic E-state index is 13.0. The Morgan fingerprint density at radius 2 is 1.83 bits per heavy atom. The minimum atomic E-state index is -0.356. The molecular weight excluding hydrogens is 381 g/mol. The maximum Gasteiger partial charge on any atom is 0.256 e. The molecule has 0 saturated carbocycles. The second kappa shape index (κ2) is 10.1. The van der Waals surface area contributed by atoms with Gasteiger partial charge in [0, 0.05) is 31.0 Å². The quantitative estimate of drug-likeness (QED) is 0.770. The summed E-state index contributed by atoms with van der Waals surface area (Å²) in [7, 11) is 0. The highest BCUT2D eigenvalue weighted by Crippen LogP contribution is 2.26. The lowest BCUT2D eigenvalue weighted by molar-refractivity contribution is 0.0206. The van der Waals surface area contributed by atoms with Crippen LogP contribution in [0.25, 0.3) is 0 Å². The fourth-order valence-electron chi connectivity index (χ4n) is 4.52. The summed E-state index contributed by atoms with van der Waals surface area (Å²) in [6, 6.07) is 10.2. The number of carbonyl (C=O) groups excluding carboxylic acids is 1. The zero-order valence-corrected chi connectivity index (χ0v) is 17.4. The first-order chi connectivity index (χ1) is 14.7. The number of likely N-dealkylation sites (tertiary alicyclic amines) is 1. The number of ether oxygens (including phenoxy) is 1. The number of anilines is 1. The predicted octanol–water partition coefficient (Wildman–Crippen LogP) is 4.30. The normalized spacial score (nSPS) is 19.0. The van der Waals surface area contributed by atoms with Crippen LogP contribution in [0.2, 0.25) is 0 Å². The van der Waals surface area contributed by atoms with E-state index in [9.17, 15) is 9.18 Å². The molecule has 1 N–H and O–H groups in total. The number of rotatable bonds is 6. The lowest BCUT2D eigenvalue weighted by Gasteiger charge is -2.39. The fraction of sp³-hybridized carbons (Fsp3) is 0.500. The van der Waals surface area contributed by atoms with Crippen molar-refractivity contribution in [3.05, 3.63) is 59.5 Å². The SMILES string of the molecule is O=C(Nc1cc(CCC2CCN(C3CCOCC3)CC2)ccn1)c1ccc(F)cc1. The second-order valence-electron chi connectivity index (χ2n) is 8.37. The Morgan fingerprint density at radius 1 is 1.10 bits per heavy atom. The molecule has 2 aromatic rings. The molecule has 160 valence electrons. The van der Waals surface area contributed by atoms with Gasteiger partial charge in [-0.05, 0) is 99.5 Å². The van der Waals surface area contributed by atoms with Gasteiger partial charge >= 0.3 is 0 Å². The molecule has 4 rings (SSSR count). The first-order valence-corrected chi connectivity index (χ1v) is 11.0. The number of carbonyl (C=O) groups is 1. The van der Waals surface area contributed by atoms with Crippen LogP contribution in [0.15, 0.2) is 42.6 Å². The Kier molecular flexibility index (Phi) is 7.07. The van der Waals surface area contributed by atoms with E-state index in [0.29, 0.717) is 17.4 Å². The molecule has 3 heterocycles. The van der Waals surface area contributed by atoms with Crippen LogP contribution >= 0.6 is 0 Å².